The molecule has 0 spiro atoms. The molecule has 0 saturated carbocycles. The number of rotatable bonds is 4. The van der Waals surface area contributed by atoms with E-state index in [0.717, 1.165) is 0 Å². The van der Waals surface area contributed by atoms with Crippen LogP contribution in [0.5, 0.6) is 17.2 Å². The molecule has 0 fully saturated rings. The molecule has 4 N–H and O–H groups in total. The monoisotopic (exact) mass is 344 g/mol. The Labute approximate surface area is 142 Å². The molecule has 1 aromatic heterocycles. The molecule has 2 aromatic carbocycles. The molecule has 0 bridgehead atoms. The van der Waals surface area contributed by atoms with Crippen molar-refractivity contribution < 1.29 is 29.6 Å². The van der Waals surface area contributed by atoms with Gasteiger partial charge in [0.2, 0.25) is 11.2 Å². The molecule has 0 radical (unpaired) electrons. The zero-order valence-electron chi connectivity index (χ0n) is 13.3. The first kappa shape index (κ1) is 16.8. The minimum atomic E-state index is -0.608. The van der Waals surface area contributed by atoms with Crippen LogP contribution in [-0.4, -0.2) is 27.5 Å². The molecule has 1 heterocycles. The second-order valence-electron chi connectivity index (χ2n) is 5.39. The SMILES string of the molecule is COc1c(-c2ccc(O)cc2)oc2cc(CO)c(CO)c(O)c2c1=O. The highest BCUT2D eigenvalue weighted by atomic mass is 16.5. The van der Waals surface area contributed by atoms with Gasteiger partial charge in [-0.15, -0.1) is 0 Å². The highest BCUT2D eigenvalue weighted by Gasteiger charge is 2.22. The molecule has 3 aromatic rings. The number of hydrogen-bond acceptors (Lipinski definition) is 7. The number of phenols is 2. The molecule has 25 heavy (non-hydrogen) atoms. The lowest BCUT2D eigenvalue weighted by Gasteiger charge is -2.13. The minimum Gasteiger partial charge on any atom is -0.508 e. The van der Waals surface area contributed by atoms with E-state index in [-0.39, 0.29) is 39.4 Å². The van der Waals surface area contributed by atoms with Crippen LogP contribution in [0.1, 0.15) is 11.1 Å². The standard InChI is InChI=1S/C18H16O7/c1-24-18-16(23)14-13(6-10(7-19)12(8-20)15(14)22)25-17(18)9-2-4-11(21)5-3-9/h2-6,19-22H,7-8H2,1H3. The molecular formula is C18H16O7. The van der Waals surface area contributed by atoms with Gasteiger partial charge in [0.15, 0.2) is 5.76 Å². The zero-order valence-corrected chi connectivity index (χ0v) is 13.3. The molecule has 3 rings (SSSR count). The Bertz CT molecular complexity index is 987. The van der Waals surface area contributed by atoms with Gasteiger partial charge < -0.3 is 29.6 Å². The number of aromatic hydroxyl groups is 2. The van der Waals surface area contributed by atoms with E-state index in [4.69, 9.17) is 9.15 Å². The van der Waals surface area contributed by atoms with E-state index in [1.807, 2.05) is 0 Å². The van der Waals surface area contributed by atoms with Crippen molar-refractivity contribution in [2.45, 2.75) is 13.2 Å². The summed E-state index contributed by atoms with van der Waals surface area (Å²) in [6.45, 7) is -0.983. The Balaban J connectivity index is 2.41. The van der Waals surface area contributed by atoms with Crippen molar-refractivity contribution in [3.63, 3.8) is 0 Å². The third-order valence-corrected chi connectivity index (χ3v) is 3.98. The molecule has 0 unspecified atom stereocenters. The summed E-state index contributed by atoms with van der Waals surface area (Å²) < 4.78 is 10.9. The van der Waals surface area contributed by atoms with Crippen LogP contribution >= 0.6 is 0 Å². The zero-order chi connectivity index (χ0) is 18.1. The topological polar surface area (TPSA) is 120 Å². The van der Waals surface area contributed by atoms with Crippen LogP contribution < -0.4 is 10.2 Å². The Hall–Kier alpha value is -3.03. The number of aliphatic hydroxyl groups excluding tert-OH is 2. The van der Waals surface area contributed by atoms with Crippen LogP contribution in [0.25, 0.3) is 22.3 Å². The van der Waals surface area contributed by atoms with Gasteiger partial charge >= 0.3 is 0 Å². The number of benzene rings is 2. The van der Waals surface area contributed by atoms with Gasteiger partial charge in [-0.05, 0) is 35.9 Å². The van der Waals surface area contributed by atoms with Crippen LogP contribution in [-0.2, 0) is 13.2 Å². The smallest absolute Gasteiger partial charge is 0.239 e. The number of fused-ring (bicyclic) bond motifs is 1. The summed E-state index contributed by atoms with van der Waals surface area (Å²) in [4.78, 5) is 12.8. The van der Waals surface area contributed by atoms with Crippen LogP contribution in [0.4, 0.5) is 0 Å². The first-order chi connectivity index (χ1) is 12.0. The number of hydrogen-bond donors (Lipinski definition) is 4. The molecule has 7 heteroatoms. The van der Waals surface area contributed by atoms with Gasteiger partial charge in [-0.25, -0.2) is 0 Å². The van der Waals surface area contributed by atoms with E-state index in [0.29, 0.717) is 5.56 Å². The van der Waals surface area contributed by atoms with Crippen molar-refractivity contribution in [1.82, 2.24) is 0 Å². The quantitative estimate of drug-likeness (QED) is 0.570. The third kappa shape index (κ3) is 2.69. The van der Waals surface area contributed by atoms with Crippen molar-refractivity contribution in [2.75, 3.05) is 7.11 Å². The van der Waals surface area contributed by atoms with Gasteiger partial charge in [0.1, 0.15) is 22.5 Å². The summed E-state index contributed by atoms with van der Waals surface area (Å²) >= 11 is 0. The van der Waals surface area contributed by atoms with Crippen LogP contribution in [0.3, 0.4) is 0 Å². The van der Waals surface area contributed by atoms with Crippen LogP contribution in [0, 0.1) is 0 Å². The minimum absolute atomic E-state index is 0.0487. The molecule has 0 aliphatic rings. The summed E-state index contributed by atoms with van der Waals surface area (Å²) in [6, 6.07) is 7.37. The highest BCUT2D eigenvalue weighted by Crippen LogP contribution is 2.36. The van der Waals surface area contributed by atoms with Crippen molar-refractivity contribution in [2.24, 2.45) is 0 Å². The van der Waals surface area contributed by atoms with Gasteiger partial charge in [-0.1, -0.05) is 0 Å². The van der Waals surface area contributed by atoms with E-state index >= 15 is 0 Å². The van der Waals surface area contributed by atoms with E-state index in [1.165, 1.54) is 25.3 Å². The highest BCUT2D eigenvalue weighted by molar-refractivity contribution is 5.89. The van der Waals surface area contributed by atoms with Crippen molar-refractivity contribution in [3.8, 4) is 28.6 Å². The Morgan fingerprint density at radius 1 is 1.08 bits per heavy atom. The predicted molar refractivity (Wildman–Crippen MR) is 89.6 cm³/mol. The van der Waals surface area contributed by atoms with Crippen molar-refractivity contribution >= 4 is 11.0 Å². The maximum Gasteiger partial charge on any atom is 0.239 e. The van der Waals surface area contributed by atoms with Crippen LogP contribution in [0.2, 0.25) is 0 Å². The average molecular weight is 344 g/mol. The molecule has 7 nitrogen and oxygen atoms in total. The molecule has 130 valence electrons. The molecule has 0 atom stereocenters. The van der Waals surface area contributed by atoms with E-state index in [1.54, 1.807) is 12.1 Å². The van der Waals surface area contributed by atoms with Crippen molar-refractivity contribution in [3.05, 3.63) is 51.7 Å². The second kappa shape index (κ2) is 6.46. The summed E-state index contributed by atoms with van der Waals surface area (Å²) in [5.41, 5.74) is 0.236. The molecule has 0 saturated heterocycles. The summed E-state index contributed by atoms with van der Waals surface area (Å²) in [5, 5.41) is 38.4. The average Bonchev–Trinajstić information content (AvgIpc) is 2.61. The number of ether oxygens (including phenoxy) is 1. The maximum absolute atomic E-state index is 12.8. The molecular weight excluding hydrogens is 328 g/mol. The second-order valence-corrected chi connectivity index (χ2v) is 5.39. The Morgan fingerprint density at radius 2 is 1.76 bits per heavy atom. The lowest BCUT2D eigenvalue weighted by Crippen LogP contribution is -2.09. The molecule has 0 amide bonds. The van der Waals surface area contributed by atoms with Gasteiger partial charge in [0, 0.05) is 11.1 Å². The lowest BCUT2D eigenvalue weighted by molar-refractivity contribution is 0.255. The van der Waals surface area contributed by atoms with E-state index < -0.39 is 24.4 Å². The summed E-state index contributed by atoms with van der Waals surface area (Å²) in [7, 11) is 1.30. The fourth-order valence-corrected chi connectivity index (χ4v) is 2.72. The fraction of sp³-hybridized carbons (Fsp3) is 0.167. The van der Waals surface area contributed by atoms with Crippen LogP contribution in [0.15, 0.2) is 39.5 Å². The number of phenolic OH excluding ortho intramolecular Hbond substituents is 1. The summed E-state index contributed by atoms with van der Waals surface area (Å²) in [5.74, 6) is -0.388. The van der Waals surface area contributed by atoms with Gasteiger partial charge in [0.05, 0.1) is 20.3 Å². The normalized spacial score (nSPS) is 11.0. The number of aliphatic hydroxyl groups is 2. The molecule has 0 aliphatic heterocycles. The maximum atomic E-state index is 12.8. The molecule has 0 aliphatic carbocycles. The van der Waals surface area contributed by atoms with Gasteiger partial charge in [-0.3, -0.25) is 4.79 Å². The number of methoxy groups -OCH3 is 1. The van der Waals surface area contributed by atoms with Gasteiger partial charge in [0.25, 0.3) is 0 Å². The first-order valence-electron chi connectivity index (χ1n) is 7.41. The largest absolute Gasteiger partial charge is 0.508 e. The van der Waals surface area contributed by atoms with Gasteiger partial charge in [-0.2, -0.15) is 0 Å². The third-order valence-electron chi connectivity index (χ3n) is 3.98. The fourth-order valence-electron chi connectivity index (χ4n) is 2.72. The summed E-state index contributed by atoms with van der Waals surface area (Å²) in [6.07, 6.45) is 0. The first-order valence-corrected chi connectivity index (χ1v) is 7.41. The lowest BCUT2D eigenvalue weighted by atomic mass is 10.0. The van der Waals surface area contributed by atoms with Crippen molar-refractivity contribution in [1.29, 1.82) is 0 Å². The Kier molecular flexibility index (Phi) is 4.35. The van der Waals surface area contributed by atoms with E-state index in [2.05, 4.69) is 0 Å². The van der Waals surface area contributed by atoms with E-state index in [9.17, 15) is 25.2 Å². The Morgan fingerprint density at radius 3 is 2.32 bits per heavy atom. The predicted octanol–water partition coefficient (Wildman–Crippen LogP) is 1.86.